The average molecular weight is 306 g/mol. The van der Waals surface area contributed by atoms with Crippen molar-refractivity contribution in [3.8, 4) is 16.9 Å². The van der Waals surface area contributed by atoms with E-state index in [1.54, 1.807) is 0 Å². The van der Waals surface area contributed by atoms with Crippen LogP contribution in [0.5, 0.6) is 5.75 Å². The molecule has 1 nitrogen and oxygen atoms in total. The number of hydrogen-bond acceptors (Lipinski definition) is 1. The lowest BCUT2D eigenvalue weighted by molar-refractivity contribution is -0.137. The fourth-order valence-corrected chi connectivity index (χ4v) is 1.79. The van der Waals surface area contributed by atoms with E-state index >= 15 is 0 Å². The Morgan fingerprint density at radius 1 is 0.952 bits per heavy atom. The van der Waals surface area contributed by atoms with Gasteiger partial charge in [-0.2, -0.15) is 22.0 Å². The maximum atomic E-state index is 13.1. The van der Waals surface area contributed by atoms with Gasteiger partial charge < -0.3 is 4.74 Å². The van der Waals surface area contributed by atoms with Gasteiger partial charge in [0.05, 0.1) is 5.56 Å². The van der Waals surface area contributed by atoms with Crippen LogP contribution in [0.3, 0.4) is 0 Å². The van der Waals surface area contributed by atoms with Crippen molar-refractivity contribution < 1.29 is 31.1 Å². The molecule has 0 N–H and O–H groups in total. The number of alkyl halides is 5. The minimum Gasteiger partial charge on any atom is -0.434 e. The molecule has 0 atom stereocenters. The van der Waals surface area contributed by atoms with Crippen molar-refractivity contribution in [3.05, 3.63) is 53.8 Å². The number of hydrogen-bond donors (Lipinski definition) is 0. The van der Waals surface area contributed by atoms with E-state index in [2.05, 4.69) is 4.74 Å². The molecular weight excluding hydrogens is 298 g/mol. The van der Waals surface area contributed by atoms with Crippen LogP contribution in [-0.2, 0) is 6.18 Å². The Morgan fingerprint density at radius 3 is 2.29 bits per heavy atom. The molecule has 112 valence electrons. The molecular formula is C14H8F6O. The minimum atomic E-state index is -4.57. The van der Waals surface area contributed by atoms with E-state index in [1.165, 1.54) is 6.07 Å². The van der Waals surface area contributed by atoms with Crippen LogP contribution in [0.1, 0.15) is 5.56 Å². The lowest BCUT2D eigenvalue weighted by atomic mass is 10.0. The predicted octanol–water partition coefficient (Wildman–Crippen LogP) is 5.11. The Morgan fingerprint density at radius 2 is 1.67 bits per heavy atom. The number of rotatable bonds is 3. The van der Waals surface area contributed by atoms with E-state index < -0.39 is 29.9 Å². The zero-order valence-electron chi connectivity index (χ0n) is 10.3. The van der Waals surface area contributed by atoms with Gasteiger partial charge in [-0.1, -0.05) is 12.1 Å². The molecule has 0 spiro atoms. The third kappa shape index (κ3) is 3.68. The van der Waals surface area contributed by atoms with Gasteiger partial charge in [0.15, 0.2) is 0 Å². The molecule has 7 heteroatoms. The first kappa shape index (κ1) is 15.2. The number of benzene rings is 2. The zero-order chi connectivity index (χ0) is 15.6. The predicted molar refractivity (Wildman–Crippen MR) is 63.5 cm³/mol. The van der Waals surface area contributed by atoms with Crippen molar-refractivity contribution in [2.24, 2.45) is 0 Å². The molecule has 0 amide bonds. The molecule has 0 aromatic heterocycles. The normalized spacial score (nSPS) is 11.8. The highest BCUT2D eigenvalue weighted by molar-refractivity contribution is 5.71. The van der Waals surface area contributed by atoms with Crippen LogP contribution in [0.25, 0.3) is 11.1 Å². The van der Waals surface area contributed by atoms with Gasteiger partial charge in [0.1, 0.15) is 11.6 Å². The van der Waals surface area contributed by atoms with E-state index in [1.807, 2.05) is 0 Å². The first-order valence-electron chi connectivity index (χ1n) is 5.69. The highest BCUT2D eigenvalue weighted by Crippen LogP contribution is 2.36. The average Bonchev–Trinajstić information content (AvgIpc) is 2.37. The Bertz CT molecular complexity index is 636. The zero-order valence-corrected chi connectivity index (χ0v) is 10.3. The Kier molecular flexibility index (Phi) is 4.11. The summed E-state index contributed by atoms with van der Waals surface area (Å²) in [5, 5.41) is 0. The first-order valence-corrected chi connectivity index (χ1v) is 5.69. The van der Waals surface area contributed by atoms with Crippen LogP contribution >= 0.6 is 0 Å². The van der Waals surface area contributed by atoms with Gasteiger partial charge in [-0.05, 0) is 29.8 Å². The molecule has 0 saturated carbocycles. The second kappa shape index (κ2) is 5.67. The molecule has 0 aliphatic rings. The summed E-state index contributed by atoms with van der Waals surface area (Å²) in [5.74, 6) is -1.36. The van der Waals surface area contributed by atoms with Crippen molar-refractivity contribution in [2.75, 3.05) is 0 Å². The lowest BCUT2D eigenvalue weighted by Crippen LogP contribution is -2.06. The summed E-state index contributed by atoms with van der Waals surface area (Å²) in [6, 6.07) is 6.79. The second-order valence-electron chi connectivity index (χ2n) is 4.10. The fraction of sp³-hybridized carbons (Fsp3) is 0.143. The maximum absolute atomic E-state index is 13.1. The Hall–Kier alpha value is -2.18. The van der Waals surface area contributed by atoms with Crippen molar-refractivity contribution in [3.63, 3.8) is 0 Å². The minimum absolute atomic E-state index is 0.000440. The Labute approximate surface area is 115 Å². The van der Waals surface area contributed by atoms with Crippen LogP contribution < -0.4 is 4.74 Å². The third-order valence-corrected chi connectivity index (χ3v) is 2.66. The monoisotopic (exact) mass is 306 g/mol. The molecule has 0 heterocycles. The van der Waals surface area contributed by atoms with Gasteiger partial charge in [-0.15, -0.1) is 0 Å². The van der Waals surface area contributed by atoms with Crippen LogP contribution in [0.15, 0.2) is 42.5 Å². The molecule has 2 aromatic carbocycles. The largest absolute Gasteiger partial charge is 0.434 e. The summed E-state index contributed by atoms with van der Waals surface area (Å²) in [4.78, 5) is 0. The van der Waals surface area contributed by atoms with Gasteiger partial charge in [0, 0.05) is 11.6 Å². The summed E-state index contributed by atoms with van der Waals surface area (Å²) in [5.41, 5.74) is -0.990. The van der Waals surface area contributed by atoms with Gasteiger partial charge in [0.2, 0.25) is 0 Å². The number of halogens is 6. The molecule has 0 fully saturated rings. The topological polar surface area (TPSA) is 9.23 Å². The van der Waals surface area contributed by atoms with Crippen LogP contribution in [0.4, 0.5) is 26.3 Å². The molecule has 0 aliphatic carbocycles. The summed E-state index contributed by atoms with van der Waals surface area (Å²) in [6.07, 6.45) is -4.57. The van der Waals surface area contributed by atoms with Crippen LogP contribution in [-0.4, -0.2) is 6.61 Å². The third-order valence-electron chi connectivity index (χ3n) is 2.66. The fourth-order valence-electron chi connectivity index (χ4n) is 1.79. The molecule has 0 bridgehead atoms. The van der Waals surface area contributed by atoms with Crippen LogP contribution in [0, 0.1) is 5.82 Å². The highest BCUT2D eigenvalue weighted by Gasteiger charge is 2.30. The lowest BCUT2D eigenvalue weighted by Gasteiger charge is -2.13. The van der Waals surface area contributed by atoms with Gasteiger partial charge >= 0.3 is 12.8 Å². The molecule has 21 heavy (non-hydrogen) atoms. The molecule has 0 radical (unpaired) electrons. The smallest absolute Gasteiger partial charge is 0.416 e. The van der Waals surface area contributed by atoms with E-state index in [0.717, 1.165) is 30.3 Å². The Balaban J connectivity index is 2.51. The molecule has 0 unspecified atom stereocenters. The highest BCUT2D eigenvalue weighted by atomic mass is 19.4. The quantitative estimate of drug-likeness (QED) is 0.716. The van der Waals surface area contributed by atoms with E-state index in [0.29, 0.717) is 6.07 Å². The molecule has 2 aromatic rings. The summed E-state index contributed by atoms with van der Waals surface area (Å²) < 4.78 is 79.8. The van der Waals surface area contributed by atoms with E-state index in [4.69, 9.17) is 0 Å². The van der Waals surface area contributed by atoms with Crippen molar-refractivity contribution in [1.82, 2.24) is 0 Å². The van der Waals surface area contributed by atoms with Gasteiger partial charge in [-0.3, -0.25) is 0 Å². The summed E-state index contributed by atoms with van der Waals surface area (Å²) in [6.45, 7) is -3.21. The molecule has 0 saturated heterocycles. The van der Waals surface area contributed by atoms with Gasteiger partial charge in [-0.25, -0.2) is 4.39 Å². The van der Waals surface area contributed by atoms with E-state index in [9.17, 15) is 26.3 Å². The maximum Gasteiger partial charge on any atom is 0.416 e. The van der Waals surface area contributed by atoms with Gasteiger partial charge in [0.25, 0.3) is 0 Å². The van der Waals surface area contributed by atoms with E-state index in [-0.39, 0.29) is 11.1 Å². The molecule has 0 aliphatic heterocycles. The number of ether oxygens (including phenoxy) is 1. The first-order chi connectivity index (χ1) is 9.77. The summed E-state index contributed by atoms with van der Waals surface area (Å²) in [7, 11) is 0. The second-order valence-corrected chi connectivity index (χ2v) is 4.10. The van der Waals surface area contributed by atoms with Crippen molar-refractivity contribution in [1.29, 1.82) is 0 Å². The van der Waals surface area contributed by atoms with Crippen molar-refractivity contribution in [2.45, 2.75) is 12.8 Å². The van der Waals surface area contributed by atoms with Crippen molar-refractivity contribution >= 4 is 0 Å². The summed E-state index contributed by atoms with van der Waals surface area (Å²) >= 11 is 0. The molecule has 2 rings (SSSR count). The SMILES string of the molecule is Fc1ccc(-c2cccc(C(F)(F)F)c2)c(OC(F)F)c1. The standard InChI is InChI=1S/C14H8F6O/c15-10-4-5-11(12(7-10)21-13(16)17)8-2-1-3-9(6-8)14(18,19)20/h1-7,13H. The van der Waals surface area contributed by atoms with Crippen LogP contribution in [0.2, 0.25) is 0 Å².